The lowest BCUT2D eigenvalue weighted by Gasteiger charge is -2.25. The zero-order valence-corrected chi connectivity index (χ0v) is 14.6. The fourth-order valence-corrected chi connectivity index (χ4v) is 1.96. The van der Waals surface area contributed by atoms with Crippen molar-refractivity contribution in [3.8, 4) is 0 Å². The molecule has 0 unspecified atom stereocenters. The maximum atomic E-state index is 12.3. The average Bonchev–Trinajstić information content (AvgIpc) is 2.53. The molecule has 0 aliphatic heterocycles. The van der Waals surface area contributed by atoms with Crippen LogP contribution in [0.25, 0.3) is 0 Å². The second-order valence-corrected chi connectivity index (χ2v) is 5.97. The Morgan fingerprint density at radius 3 is 2.00 bits per heavy atom. The van der Waals surface area contributed by atoms with Crippen LogP contribution in [0, 0.1) is 5.92 Å². The highest BCUT2D eigenvalue weighted by atomic mass is 16.4. The molecule has 2 amide bonds. The second-order valence-electron chi connectivity index (χ2n) is 5.97. The molecule has 0 bridgehead atoms. The van der Waals surface area contributed by atoms with Gasteiger partial charge in [0, 0.05) is 6.42 Å². The third-order valence-corrected chi connectivity index (χ3v) is 3.88. The van der Waals surface area contributed by atoms with Gasteiger partial charge in [0.15, 0.2) is 0 Å². The molecular formula is C15H27N3O7. The number of carboxylic acid groups (broad SMARTS) is 2. The van der Waals surface area contributed by atoms with Crippen molar-refractivity contribution in [2.45, 2.75) is 64.3 Å². The van der Waals surface area contributed by atoms with Crippen LogP contribution in [-0.4, -0.2) is 63.3 Å². The molecule has 0 aliphatic carbocycles. The summed E-state index contributed by atoms with van der Waals surface area (Å²) in [6.45, 7) is 4.70. The van der Waals surface area contributed by atoms with E-state index in [2.05, 4.69) is 10.6 Å². The number of nitrogens with one attached hydrogen (secondary N) is 2. The van der Waals surface area contributed by atoms with Gasteiger partial charge in [-0.1, -0.05) is 20.3 Å². The number of rotatable bonds is 11. The first kappa shape index (κ1) is 22.8. The number of carbonyl (C=O) groups excluding carboxylic acids is 2. The third kappa shape index (κ3) is 7.94. The minimum atomic E-state index is -1.30. The molecule has 25 heavy (non-hydrogen) atoms. The normalized spacial score (nSPS) is 16.8. The van der Waals surface area contributed by atoms with Crippen LogP contribution >= 0.6 is 0 Å². The van der Waals surface area contributed by atoms with Crippen molar-refractivity contribution in [2.24, 2.45) is 11.7 Å². The zero-order chi connectivity index (χ0) is 19.7. The van der Waals surface area contributed by atoms with E-state index >= 15 is 0 Å². The number of amides is 2. The number of nitrogens with two attached hydrogens (primary N) is 1. The lowest BCUT2D eigenvalue weighted by molar-refractivity contribution is -0.144. The van der Waals surface area contributed by atoms with Crippen molar-refractivity contribution < 1.29 is 34.5 Å². The van der Waals surface area contributed by atoms with Crippen LogP contribution in [0.2, 0.25) is 0 Å². The van der Waals surface area contributed by atoms with Gasteiger partial charge in [0.1, 0.15) is 18.1 Å². The molecule has 0 spiro atoms. The minimum Gasteiger partial charge on any atom is -0.481 e. The first-order valence-corrected chi connectivity index (χ1v) is 8.00. The number of aliphatic hydroxyl groups is 1. The molecule has 10 nitrogen and oxygen atoms in total. The monoisotopic (exact) mass is 361 g/mol. The van der Waals surface area contributed by atoms with E-state index in [9.17, 15) is 29.4 Å². The van der Waals surface area contributed by atoms with E-state index in [4.69, 9.17) is 10.8 Å². The van der Waals surface area contributed by atoms with E-state index in [-0.39, 0.29) is 12.3 Å². The highest BCUT2D eigenvalue weighted by Crippen LogP contribution is 2.09. The molecule has 144 valence electrons. The maximum absolute atomic E-state index is 12.3. The van der Waals surface area contributed by atoms with Crippen molar-refractivity contribution in [3.05, 3.63) is 0 Å². The van der Waals surface area contributed by atoms with Crippen molar-refractivity contribution >= 4 is 23.8 Å². The summed E-state index contributed by atoms with van der Waals surface area (Å²) in [7, 11) is 0. The first-order chi connectivity index (χ1) is 11.5. The van der Waals surface area contributed by atoms with Gasteiger partial charge in [-0.25, -0.2) is 4.79 Å². The Morgan fingerprint density at radius 2 is 1.60 bits per heavy atom. The predicted molar refractivity (Wildman–Crippen MR) is 87.5 cm³/mol. The number of carboxylic acids is 2. The molecule has 7 N–H and O–H groups in total. The van der Waals surface area contributed by atoms with Crippen LogP contribution in [-0.2, 0) is 19.2 Å². The minimum absolute atomic E-state index is 0.244. The summed E-state index contributed by atoms with van der Waals surface area (Å²) in [6, 6.07) is -3.75. The molecule has 5 atom stereocenters. The molecule has 0 radical (unpaired) electrons. The van der Waals surface area contributed by atoms with Crippen LogP contribution in [0.5, 0.6) is 0 Å². The second kappa shape index (κ2) is 10.6. The average molecular weight is 361 g/mol. The lowest BCUT2D eigenvalue weighted by atomic mass is 9.98. The fraction of sp³-hybridized carbons (Fsp3) is 0.733. The van der Waals surface area contributed by atoms with E-state index < -0.39 is 54.4 Å². The summed E-state index contributed by atoms with van der Waals surface area (Å²) in [4.78, 5) is 46.3. The van der Waals surface area contributed by atoms with E-state index in [1.54, 1.807) is 13.8 Å². The number of carbonyl (C=O) groups is 4. The third-order valence-electron chi connectivity index (χ3n) is 3.88. The Kier molecular flexibility index (Phi) is 9.69. The van der Waals surface area contributed by atoms with Gasteiger partial charge in [-0.2, -0.15) is 0 Å². The van der Waals surface area contributed by atoms with Crippen LogP contribution in [0.15, 0.2) is 0 Å². The highest BCUT2D eigenvalue weighted by molar-refractivity contribution is 5.92. The Balaban J connectivity index is 5.17. The SMILES string of the molecule is CC[C@H](C)[C@H](NC(=O)[C@H](CCC(=O)O)NC(=O)[C@@H](N)[C@@H](C)O)C(=O)O. The fourth-order valence-electron chi connectivity index (χ4n) is 1.96. The predicted octanol–water partition coefficient (Wildman–Crippen LogP) is -1.34. The quantitative estimate of drug-likeness (QED) is 0.261. The van der Waals surface area contributed by atoms with Crippen molar-refractivity contribution in [1.29, 1.82) is 0 Å². The van der Waals surface area contributed by atoms with Crippen molar-refractivity contribution in [2.75, 3.05) is 0 Å². The number of hydrogen-bond donors (Lipinski definition) is 6. The zero-order valence-electron chi connectivity index (χ0n) is 14.6. The Bertz CT molecular complexity index is 496. The topological polar surface area (TPSA) is 179 Å². The van der Waals surface area contributed by atoms with Gasteiger partial charge in [0.25, 0.3) is 0 Å². The standard InChI is InChI=1S/C15H27N3O7/c1-4-7(2)12(15(24)25)18-13(22)9(5-6-10(20)21)17-14(23)11(16)8(3)19/h7-9,11-12,19H,4-6,16H2,1-3H3,(H,17,23)(H,18,22)(H,20,21)(H,24,25)/t7-,8+,9-,11-,12-/m0/s1. The van der Waals surface area contributed by atoms with Gasteiger partial charge in [0.05, 0.1) is 6.10 Å². The van der Waals surface area contributed by atoms with Crippen molar-refractivity contribution in [3.63, 3.8) is 0 Å². The van der Waals surface area contributed by atoms with Crippen LogP contribution in [0.4, 0.5) is 0 Å². The summed E-state index contributed by atoms with van der Waals surface area (Å²) in [5.41, 5.74) is 5.48. The van der Waals surface area contributed by atoms with Gasteiger partial charge in [-0.15, -0.1) is 0 Å². The van der Waals surface area contributed by atoms with Crippen LogP contribution in [0.1, 0.15) is 40.0 Å². The molecule has 0 saturated heterocycles. The van der Waals surface area contributed by atoms with E-state index in [1.165, 1.54) is 6.92 Å². The molecular weight excluding hydrogens is 334 g/mol. The number of aliphatic hydroxyl groups excluding tert-OH is 1. The molecule has 0 rings (SSSR count). The molecule has 0 saturated carbocycles. The molecule has 0 heterocycles. The lowest BCUT2D eigenvalue weighted by Crippen LogP contribution is -2.57. The maximum Gasteiger partial charge on any atom is 0.326 e. The molecule has 0 aliphatic rings. The Hall–Kier alpha value is -2.20. The summed E-state index contributed by atoms with van der Waals surface area (Å²) in [5.74, 6) is -4.43. The van der Waals surface area contributed by atoms with Gasteiger partial charge in [-0.3, -0.25) is 14.4 Å². The largest absolute Gasteiger partial charge is 0.481 e. The molecule has 0 fully saturated rings. The molecule has 0 aromatic rings. The van der Waals surface area contributed by atoms with Gasteiger partial charge in [0.2, 0.25) is 11.8 Å². The summed E-state index contributed by atoms with van der Waals surface area (Å²) in [5, 5.41) is 31.9. The van der Waals surface area contributed by atoms with Crippen LogP contribution < -0.4 is 16.4 Å². The van der Waals surface area contributed by atoms with E-state index in [0.29, 0.717) is 6.42 Å². The first-order valence-electron chi connectivity index (χ1n) is 8.00. The van der Waals surface area contributed by atoms with E-state index in [0.717, 1.165) is 0 Å². The molecule has 0 aromatic carbocycles. The highest BCUT2D eigenvalue weighted by Gasteiger charge is 2.31. The summed E-state index contributed by atoms with van der Waals surface area (Å²) >= 11 is 0. The van der Waals surface area contributed by atoms with Gasteiger partial charge in [-0.05, 0) is 19.3 Å². The van der Waals surface area contributed by atoms with Crippen molar-refractivity contribution in [1.82, 2.24) is 10.6 Å². The van der Waals surface area contributed by atoms with E-state index in [1.807, 2.05) is 0 Å². The Morgan fingerprint density at radius 1 is 1.04 bits per heavy atom. The number of aliphatic carboxylic acids is 2. The van der Waals surface area contributed by atoms with Gasteiger partial charge >= 0.3 is 11.9 Å². The summed E-state index contributed by atoms with van der Waals surface area (Å²) < 4.78 is 0. The molecule has 0 aromatic heterocycles. The summed E-state index contributed by atoms with van der Waals surface area (Å²) in [6.07, 6.45) is -1.33. The Labute approximate surface area is 145 Å². The smallest absolute Gasteiger partial charge is 0.326 e. The van der Waals surface area contributed by atoms with Gasteiger partial charge < -0.3 is 31.7 Å². The number of hydrogen-bond acceptors (Lipinski definition) is 6. The van der Waals surface area contributed by atoms with Crippen LogP contribution in [0.3, 0.4) is 0 Å². The molecule has 10 heteroatoms.